The van der Waals surface area contributed by atoms with E-state index >= 15 is 0 Å². The number of ether oxygens (including phenoxy) is 1. The molecule has 6 nitrogen and oxygen atoms in total. The van der Waals surface area contributed by atoms with Gasteiger partial charge in [-0.2, -0.15) is 0 Å². The highest BCUT2D eigenvalue weighted by molar-refractivity contribution is 7.91. The van der Waals surface area contributed by atoms with Gasteiger partial charge in [0.2, 0.25) is 5.95 Å². The van der Waals surface area contributed by atoms with Crippen molar-refractivity contribution >= 4 is 15.8 Å². The summed E-state index contributed by atoms with van der Waals surface area (Å²) in [5.74, 6) is 1.46. The minimum atomic E-state index is -2.91. The molecule has 1 aliphatic heterocycles. The van der Waals surface area contributed by atoms with Crippen molar-refractivity contribution in [2.75, 3.05) is 23.9 Å². The van der Waals surface area contributed by atoms with Gasteiger partial charge in [-0.1, -0.05) is 0 Å². The van der Waals surface area contributed by atoms with Crippen LogP contribution in [0.25, 0.3) is 0 Å². The highest BCUT2D eigenvalue weighted by Gasteiger charge is 2.24. The fourth-order valence-electron chi connectivity index (χ4n) is 1.82. The van der Waals surface area contributed by atoms with Crippen LogP contribution in [0.1, 0.15) is 12.8 Å². The molecular formula is C10H15N3O3S. The molecule has 0 aromatic carbocycles. The van der Waals surface area contributed by atoms with Crippen molar-refractivity contribution in [3.8, 4) is 5.75 Å². The molecule has 1 N–H and O–H groups in total. The van der Waals surface area contributed by atoms with Gasteiger partial charge in [-0.15, -0.1) is 0 Å². The molecular weight excluding hydrogens is 242 g/mol. The predicted octanol–water partition coefficient (Wildman–Crippen LogP) is 0.474. The molecule has 2 heterocycles. The van der Waals surface area contributed by atoms with Crippen LogP contribution < -0.4 is 10.1 Å². The van der Waals surface area contributed by atoms with Gasteiger partial charge in [0.05, 0.1) is 31.0 Å². The van der Waals surface area contributed by atoms with Crippen molar-refractivity contribution in [2.24, 2.45) is 0 Å². The Bertz CT molecular complexity index is 472. The second-order valence-electron chi connectivity index (χ2n) is 4.04. The van der Waals surface area contributed by atoms with Crippen LogP contribution in [0.5, 0.6) is 5.75 Å². The molecule has 17 heavy (non-hydrogen) atoms. The smallest absolute Gasteiger partial charge is 0.223 e. The summed E-state index contributed by atoms with van der Waals surface area (Å²) in [5, 5.41) is 3.03. The van der Waals surface area contributed by atoms with Gasteiger partial charge in [0.25, 0.3) is 0 Å². The Hall–Kier alpha value is -1.37. The first-order valence-corrected chi connectivity index (χ1v) is 7.24. The van der Waals surface area contributed by atoms with Crippen molar-refractivity contribution in [1.29, 1.82) is 0 Å². The number of hydrogen-bond acceptors (Lipinski definition) is 6. The van der Waals surface area contributed by atoms with Gasteiger partial charge in [0, 0.05) is 6.04 Å². The van der Waals surface area contributed by atoms with E-state index in [4.69, 9.17) is 4.74 Å². The molecule has 1 aromatic heterocycles. The molecule has 1 fully saturated rings. The number of nitrogens with one attached hydrogen (secondary N) is 1. The van der Waals surface area contributed by atoms with Gasteiger partial charge in [-0.3, -0.25) is 0 Å². The average Bonchev–Trinajstić information content (AvgIpc) is 2.29. The molecule has 1 unspecified atom stereocenters. The van der Waals surface area contributed by atoms with Crippen LogP contribution >= 0.6 is 0 Å². The van der Waals surface area contributed by atoms with Gasteiger partial charge >= 0.3 is 0 Å². The van der Waals surface area contributed by atoms with Crippen molar-refractivity contribution in [3.63, 3.8) is 0 Å². The van der Waals surface area contributed by atoms with Crippen LogP contribution in [0.2, 0.25) is 0 Å². The molecule has 1 saturated heterocycles. The first-order valence-electron chi connectivity index (χ1n) is 5.42. The number of methoxy groups -OCH3 is 1. The van der Waals surface area contributed by atoms with Crippen LogP contribution in [0.15, 0.2) is 12.4 Å². The summed E-state index contributed by atoms with van der Waals surface area (Å²) in [5.41, 5.74) is 0. The lowest BCUT2D eigenvalue weighted by Crippen LogP contribution is -2.35. The number of anilines is 1. The zero-order valence-corrected chi connectivity index (χ0v) is 10.4. The Labute approximate surface area is 100 Å². The minimum Gasteiger partial charge on any atom is -0.494 e. The fourth-order valence-corrected chi connectivity index (χ4v) is 3.45. The standard InChI is InChI=1S/C10H15N3O3S/c1-16-9-5-11-10(12-6-9)13-8-3-2-4-17(14,15)7-8/h5-6,8H,2-4,7H2,1H3,(H,11,12,13). The normalized spacial score (nSPS) is 23.0. The van der Waals surface area contributed by atoms with Crippen LogP contribution in [0.3, 0.4) is 0 Å². The highest BCUT2D eigenvalue weighted by atomic mass is 32.2. The summed E-state index contributed by atoms with van der Waals surface area (Å²) in [6.07, 6.45) is 4.62. The molecule has 1 aromatic rings. The maximum atomic E-state index is 11.5. The summed E-state index contributed by atoms with van der Waals surface area (Å²) in [6.45, 7) is 0. The Morgan fingerprint density at radius 1 is 1.41 bits per heavy atom. The molecule has 0 radical (unpaired) electrons. The monoisotopic (exact) mass is 257 g/mol. The van der Waals surface area contributed by atoms with E-state index in [2.05, 4.69) is 15.3 Å². The van der Waals surface area contributed by atoms with Crippen molar-refractivity contribution in [1.82, 2.24) is 9.97 Å². The lowest BCUT2D eigenvalue weighted by Gasteiger charge is -2.22. The minimum absolute atomic E-state index is 0.0952. The van der Waals surface area contributed by atoms with E-state index in [9.17, 15) is 8.42 Å². The average molecular weight is 257 g/mol. The maximum Gasteiger partial charge on any atom is 0.223 e. The molecule has 94 valence electrons. The van der Waals surface area contributed by atoms with Crippen molar-refractivity contribution < 1.29 is 13.2 Å². The van der Waals surface area contributed by atoms with Gasteiger partial charge in [-0.25, -0.2) is 18.4 Å². The van der Waals surface area contributed by atoms with Crippen molar-refractivity contribution in [3.05, 3.63) is 12.4 Å². The summed E-state index contributed by atoms with van der Waals surface area (Å²) in [4.78, 5) is 8.10. The van der Waals surface area contributed by atoms with E-state index in [1.165, 1.54) is 0 Å². The third-order valence-corrected chi connectivity index (χ3v) is 4.48. The van der Waals surface area contributed by atoms with E-state index in [0.717, 1.165) is 6.42 Å². The first-order chi connectivity index (χ1) is 8.09. The quantitative estimate of drug-likeness (QED) is 0.848. The van der Waals surface area contributed by atoms with Crippen LogP contribution in [0, 0.1) is 0 Å². The van der Waals surface area contributed by atoms with E-state index < -0.39 is 9.84 Å². The largest absolute Gasteiger partial charge is 0.494 e. The number of aromatic nitrogens is 2. The van der Waals surface area contributed by atoms with Crippen LogP contribution in [0.4, 0.5) is 5.95 Å². The second kappa shape index (κ2) is 4.87. The molecule has 1 aliphatic rings. The molecule has 1 atom stereocenters. The van der Waals surface area contributed by atoms with E-state index in [1.54, 1.807) is 19.5 Å². The Morgan fingerprint density at radius 3 is 2.71 bits per heavy atom. The number of sulfone groups is 1. The highest BCUT2D eigenvalue weighted by Crippen LogP contribution is 2.16. The maximum absolute atomic E-state index is 11.5. The summed E-state index contributed by atoms with van der Waals surface area (Å²) in [7, 11) is -1.37. The lowest BCUT2D eigenvalue weighted by molar-refractivity contribution is 0.411. The number of hydrogen-bond donors (Lipinski definition) is 1. The number of rotatable bonds is 3. The number of nitrogens with zero attached hydrogens (tertiary/aromatic N) is 2. The van der Waals surface area contributed by atoms with Crippen LogP contribution in [-0.4, -0.2) is 43.0 Å². The third kappa shape index (κ3) is 3.29. The summed E-state index contributed by atoms with van der Waals surface area (Å²) < 4.78 is 27.8. The van der Waals surface area contributed by atoms with Crippen LogP contribution in [-0.2, 0) is 9.84 Å². The predicted molar refractivity (Wildman–Crippen MR) is 63.9 cm³/mol. The molecule has 0 bridgehead atoms. The second-order valence-corrected chi connectivity index (χ2v) is 6.27. The van der Waals surface area contributed by atoms with Gasteiger partial charge in [-0.05, 0) is 12.8 Å². The van der Waals surface area contributed by atoms with Gasteiger partial charge in [0.1, 0.15) is 0 Å². The van der Waals surface area contributed by atoms with E-state index in [1.807, 2.05) is 0 Å². The molecule has 0 amide bonds. The zero-order valence-electron chi connectivity index (χ0n) is 9.59. The van der Waals surface area contributed by atoms with Gasteiger partial charge in [0.15, 0.2) is 15.6 Å². The Morgan fingerprint density at radius 2 is 2.12 bits per heavy atom. The molecule has 0 spiro atoms. The van der Waals surface area contributed by atoms with Crippen molar-refractivity contribution in [2.45, 2.75) is 18.9 Å². The Kier molecular flexibility index (Phi) is 3.46. The topological polar surface area (TPSA) is 81.2 Å². The third-order valence-electron chi connectivity index (χ3n) is 2.66. The first kappa shape index (κ1) is 12.1. The van der Waals surface area contributed by atoms with E-state index in [-0.39, 0.29) is 17.5 Å². The molecule has 0 saturated carbocycles. The summed E-state index contributed by atoms with van der Waals surface area (Å²) in [6, 6.07) is -0.0952. The molecule has 7 heteroatoms. The lowest BCUT2D eigenvalue weighted by atomic mass is 10.2. The van der Waals surface area contributed by atoms with Gasteiger partial charge < -0.3 is 10.1 Å². The zero-order chi connectivity index (χ0) is 12.3. The fraction of sp³-hybridized carbons (Fsp3) is 0.600. The SMILES string of the molecule is COc1cnc(NC2CCCS(=O)(=O)C2)nc1. The van der Waals surface area contributed by atoms with E-state index in [0.29, 0.717) is 18.1 Å². The molecule has 2 rings (SSSR count). The molecule has 0 aliphatic carbocycles. The Balaban J connectivity index is 2.00. The summed E-state index contributed by atoms with van der Waals surface area (Å²) >= 11 is 0.